The zero-order valence-corrected chi connectivity index (χ0v) is 13.0. The minimum Gasteiger partial charge on any atom is -0.398 e. The third kappa shape index (κ3) is 5.26. The van der Waals surface area contributed by atoms with E-state index in [2.05, 4.69) is 10.6 Å². The van der Waals surface area contributed by atoms with Gasteiger partial charge in [0.2, 0.25) is 0 Å². The van der Waals surface area contributed by atoms with Crippen LogP contribution in [0.5, 0.6) is 0 Å². The molecule has 0 unspecified atom stereocenters. The van der Waals surface area contributed by atoms with Gasteiger partial charge in [-0.3, -0.25) is 4.79 Å². The van der Waals surface area contributed by atoms with Gasteiger partial charge in [0.25, 0.3) is 5.91 Å². The molecule has 1 aromatic carbocycles. The van der Waals surface area contributed by atoms with E-state index < -0.39 is 12.2 Å². The molecular weight excluding hydrogens is 308 g/mol. The normalized spacial score (nSPS) is 11.1. The monoisotopic (exact) mass is 324 g/mol. The van der Waals surface area contributed by atoms with E-state index in [1.54, 1.807) is 18.2 Å². The van der Waals surface area contributed by atoms with E-state index in [1.165, 1.54) is 26.5 Å². The number of methoxy groups -OCH3 is 2. The van der Waals surface area contributed by atoms with Crippen molar-refractivity contribution in [2.45, 2.75) is 6.29 Å². The lowest BCUT2D eigenvalue weighted by molar-refractivity contribution is -0.112. The Bertz CT molecular complexity index is 594. The number of halogens is 1. The Kier molecular flexibility index (Phi) is 7.19. The van der Waals surface area contributed by atoms with Crippen LogP contribution >= 0.6 is 11.6 Å². The van der Waals surface area contributed by atoms with E-state index in [1.807, 2.05) is 0 Å². The number of carbonyl (C=O) groups is 1. The van der Waals surface area contributed by atoms with Crippen molar-refractivity contribution in [3.63, 3.8) is 0 Å². The highest BCUT2D eigenvalue weighted by Gasteiger charge is 2.10. The largest absolute Gasteiger partial charge is 0.398 e. The van der Waals surface area contributed by atoms with E-state index in [0.29, 0.717) is 22.9 Å². The van der Waals surface area contributed by atoms with E-state index >= 15 is 0 Å². The topological polar surface area (TPSA) is 109 Å². The molecule has 0 heterocycles. The highest BCUT2D eigenvalue weighted by molar-refractivity contribution is 6.33. The lowest BCUT2D eigenvalue weighted by Crippen LogP contribution is -2.27. The van der Waals surface area contributed by atoms with Crippen molar-refractivity contribution in [2.75, 3.05) is 31.8 Å². The molecule has 0 spiro atoms. The highest BCUT2D eigenvalue weighted by Crippen LogP contribution is 2.22. The van der Waals surface area contributed by atoms with Crippen molar-refractivity contribution in [1.29, 1.82) is 5.26 Å². The summed E-state index contributed by atoms with van der Waals surface area (Å²) in [5, 5.41) is 14.7. The van der Waals surface area contributed by atoms with Crippen molar-refractivity contribution in [1.82, 2.24) is 5.32 Å². The summed E-state index contributed by atoms with van der Waals surface area (Å²) in [6.07, 6.45) is 0.814. The third-order valence-electron chi connectivity index (χ3n) is 2.68. The third-order valence-corrected chi connectivity index (χ3v) is 3.01. The van der Waals surface area contributed by atoms with E-state index in [4.69, 9.17) is 32.1 Å². The number of nitrogen functional groups attached to an aromatic ring is 1. The first-order chi connectivity index (χ1) is 10.5. The Labute approximate surface area is 133 Å². The predicted molar refractivity (Wildman–Crippen MR) is 84.0 cm³/mol. The van der Waals surface area contributed by atoms with E-state index in [-0.39, 0.29) is 5.57 Å². The van der Waals surface area contributed by atoms with Crippen LogP contribution in [0.3, 0.4) is 0 Å². The molecule has 0 bridgehead atoms. The summed E-state index contributed by atoms with van der Waals surface area (Å²) >= 11 is 5.87. The average Bonchev–Trinajstić information content (AvgIpc) is 2.51. The van der Waals surface area contributed by atoms with E-state index in [0.717, 1.165) is 0 Å². The molecule has 1 aromatic rings. The molecule has 118 valence electrons. The van der Waals surface area contributed by atoms with Crippen LogP contribution < -0.4 is 16.4 Å². The Morgan fingerprint density at radius 3 is 2.73 bits per heavy atom. The van der Waals surface area contributed by atoms with Crippen LogP contribution in [0.15, 0.2) is 30.0 Å². The lowest BCUT2D eigenvalue weighted by Gasteiger charge is -2.13. The van der Waals surface area contributed by atoms with Gasteiger partial charge < -0.3 is 25.8 Å². The first-order valence-electron chi connectivity index (χ1n) is 6.27. The number of nitrogens with two attached hydrogens (primary N) is 1. The minimum atomic E-state index is -0.567. The van der Waals surface area contributed by atoms with Gasteiger partial charge in [-0.05, 0) is 18.2 Å². The second-order valence-electron chi connectivity index (χ2n) is 4.17. The Morgan fingerprint density at radius 1 is 1.50 bits per heavy atom. The number of ether oxygens (including phenoxy) is 2. The van der Waals surface area contributed by atoms with Gasteiger partial charge in [0.05, 0.1) is 17.3 Å². The van der Waals surface area contributed by atoms with Crippen LogP contribution in [0.4, 0.5) is 11.4 Å². The molecule has 0 aliphatic heterocycles. The van der Waals surface area contributed by atoms with Gasteiger partial charge in [-0.25, -0.2) is 0 Å². The number of nitrogens with zero attached hydrogens (tertiary/aromatic N) is 1. The number of benzene rings is 1. The van der Waals surface area contributed by atoms with Crippen molar-refractivity contribution in [3.05, 3.63) is 35.0 Å². The Balaban J connectivity index is 2.68. The summed E-state index contributed by atoms with van der Waals surface area (Å²) in [5.41, 5.74) is 6.33. The number of nitriles is 1. The van der Waals surface area contributed by atoms with Crippen molar-refractivity contribution in [3.8, 4) is 6.07 Å². The van der Waals surface area contributed by atoms with Crippen LogP contribution in [0, 0.1) is 11.3 Å². The molecule has 1 rings (SSSR count). The number of amides is 1. The van der Waals surface area contributed by atoms with Crippen LogP contribution in [-0.2, 0) is 14.3 Å². The number of anilines is 2. The van der Waals surface area contributed by atoms with Crippen LogP contribution in [0.25, 0.3) is 0 Å². The van der Waals surface area contributed by atoms with Gasteiger partial charge in [-0.2, -0.15) is 5.26 Å². The summed E-state index contributed by atoms with van der Waals surface area (Å²) in [5.74, 6) is -0.567. The molecule has 1 amide bonds. The van der Waals surface area contributed by atoms with Gasteiger partial charge in [0.15, 0.2) is 6.29 Å². The quantitative estimate of drug-likeness (QED) is 0.303. The maximum Gasteiger partial charge on any atom is 0.267 e. The molecule has 8 heteroatoms. The molecule has 0 radical (unpaired) electrons. The standard InChI is InChI=1S/C14H17ClN4O3/c1-21-13(22-2)8-18-7-9(6-16)14(20)19-10-3-4-12(17)11(15)5-10/h3-5,7,13,18H,8,17H2,1-2H3,(H,19,20)/b9-7-. The smallest absolute Gasteiger partial charge is 0.267 e. The fourth-order valence-electron chi connectivity index (χ4n) is 1.47. The van der Waals surface area contributed by atoms with Gasteiger partial charge in [0.1, 0.15) is 11.6 Å². The van der Waals surface area contributed by atoms with Gasteiger partial charge in [-0.15, -0.1) is 0 Å². The van der Waals surface area contributed by atoms with Crippen molar-refractivity contribution in [2.24, 2.45) is 0 Å². The molecule has 0 aliphatic rings. The number of hydrogen-bond acceptors (Lipinski definition) is 6. The van der Waals surface area contributed by atoms with Crippen molar-refractivity contribution >= 4 is 28.9 Å². The zero-order valence-electron chi connectivity index (χ0n) is 12.2. The molecular formula is C14H17ClN4O3. The second kappa shape index (κ2) is 8.89. The fraction of sp³-hybridized carbons (Fsp3) is 0.286. The number of carbonyl (C=O) groups excluding carboxylic acids is 1. The second-order valence-corrected chi connectivity index (χ2v) is 4.58. The number of hydrogen-bond donors (Lipinski definition) is 3. The molecule has 0 fully saturated rings. The Morgan fingerprint density at radius 2 is 2.18 bits per heavy atom. The molecule has 4 N–H and O–H groups in total. The SMILES string of the molecule is COC(CN/C=C(/C#N)C(=O)Nc1ccc(N)c(Cl)c1)OC. The van der Waals surface area contributed by atoms with Crippen LogP contribution in [0.2, 0.25) is 5.02 Å². The van der Waals surface area contributed by atoms with Crippen molar-refractivity contribution < 1.29 is 14.3 Å². The maximum absolute atomic E-state index is 12.0. The predicted octanol–water partition coefficient (Wildman–Crippen LogP) is 1.48. The summed E-state index contributed by atoms with van der Waals surface area (Å²) in [6, 6.07) is 6.46. The molecule has 0 saturated heterocycles. The van der Waals surface area contributed by atoms with E-state index in [9.17, 15) is 4.79 Å². The summed E-state index contributed by atoms with van der Waals surface area (Å²) in [7, 11) is 2.98. The summed E-state index contributed by atoms with van der Waals surface area (Å²) in [6.45, 7) is 0.291. The lowest BCUT2D eigenvalue weighted by atomic mass is 10.2. The first kappa shape index (κ1) is 17.8. The number of rotatable bonds is 7. The maximum atomic E-state index is 12.0. The zero-order chi connectivity index (χ0) is 16.5. The minimum absolute atomic E-state index is 0.0982. The number of nitrogens with one attached hydrogen (secondary N) is 2. The molecule has 0 aromatic heterocycles. The molecule has 0 atom stereocenters. The molecule has 22 heavy (non-hydrogen) atoms. The van der Waals surface area contributed by atoms with Gasteiger partial charge in [-0.1, -0.05) is 11.6 Å². The molecule has 0 aliphatic carbocycles. The Hall–Kier alpha value is -2.27. The van der Waals surface area contributed by atoms with Gasteiger partial charge in [0, 0.05) is 26.1 Å². The molecule has 0 saturated carbocycles. The first-order valence-corrected chi connectivity index (χ1v) is 6.65. The molecule has 7 nitrogen and oxygen atoms in total. The summed E-state index contributed by atoms with van der Waals surface area (Å²) < 4.78 is 9.94. The average molecular weight is 325 g/mol. The highest BCUT2D eigenvalue weighted by atomic mass is 35.5. The summed E-state index contributed by atoms with van der Waals surface area (Å²) in [4.78, 5) is 12.0. The van der Waals surface area contributed by atoms with Crippen LogP contribution in [-0.4, -0.2) is 33.0 Å². The van der Waals surface area contributed by atoms with Gasteiger partial charge >= 0.3 is 0 Å². The van der Waals surface area contributed by atoms with Crippen LogP contribution in [0.1, 0.15) is 0 Å². The fourth-order valence-corrected chi connectivity index (χ4v) is 1.65.